The fourth-order valence-electron chi connectivity index (χ4n) is 6.95. The number of piperidine rings is 2. The molecule has 6 heterocycles. The second-order valence-electron chi connectivity index (χ2n) is 12.4. The van der Waals surface area contributed by atoms with Gasteiger partial charge in [-0.25, -0.2) is 19.5 Å². The summed E-state index contributed by atoms with van der Waals surface area (Å²) in [6.07, 6.45) is 9.47. The van der Waals surface area contributed by atoms with Crippen molar-refractivity contribution in [2.24, 2.45) is 5.41 Å². The monoisotopic (exact) mass is 612 g/mol. The van der Waals surface area contributed by atoms with Crippen LogP contribution in [0.1, 0.15) is 58.9 Å². The van der Waals surface area contributed by atoms with Crippen LogP contribution in [0.2, 0.25) is 0 Å². The number of aryl methyl sites for hydroxylation is 1. The van der Waals surface area contributed by atoms with Gasteiger partial charge in [-0.1, -0.05) is 0 Å². The highest BCUT2D eigenvalue weighted by atomic mass is 32.1. The first kappa shape index (κ1) is 28.5. The van der Waals surface area contributed by atoms with Gasteiger partial charge in [-0.05, 0) is 89.2 Å². The number of hydrogen-bond donors (Lipinski definition) is 2. The van der Waals surface area contributed by atoms with Crippen molar-refractivity contribution in [2.75, 3.05) is 43.9 Å². The van der Waals surface area contributed by atoms with Gasteiger partial charge >= 0.3 is 0 Å². The first-order valence-corrected chi connectivity index (χ1v) is 16.0. The summed E-state index contributed by atoms with van der Waals surface area (Å²) in [6, 6.07) is 7.55. The third kappa shape index (κ3) is 5.33. The fourth-order valence-corrected chi connectivity index (χ4v) is 7.71. The molecule has 2 saturated heterocycles. The number of rotatable bonds is 6. The maximum absolute atomic E-state index is 13.6. The zero-order valence-corrected chi connectivity index (χ0v) is 25.8. The Morgan fingerprint density at radius 2 is 2.05 bits per heavy atom. The Morgan fingerprint density at radius 1 is 1.23 bits per heavy atom. The number of nitriles is 1. The van der Waals surface area contributed by atoms with E-state index in [1.807, 2.05) is 19.1 Å². The fraction of sp³-hybridized carbons (Fsp3) is 0.484. The molecule has 0 bridgehead atoms. The van der Waals surface area contributed by atoms with E-state index >= 15 is 0 Å². The second-order valence-corrected chi connectivity index (χ2v) is 13.6. The molecule has 228 valence electrons. The van der Waals surface area contributed by atoms with Gasteiger partial charge in [-0.3, -0.25) is 4.79 Å². The Bertz CT molecular complexity index is 1730. The predicted molar refractivity (Wildman–Crippen MR) is 168 cm³/mol. The Hall–Kier alpha value is -4.28. The molecule has 12 nitrogen and oxygen atoms in total. The number of likely N-dealkylation sites (tertiary alicyclic amines) is 1. The van der Waals surface area contributed by atoms with Crippen molar-refractivity contribution < 1.29 is 9.53 Å². The molecule has 13 heteroatoms. The van der Waals surface area contributed by atoms with Gasteiger partial charge in [0, 0.05) is 30.9 Å². The van der Waals surface area contributed by atoms with Gasteiger partial charge in [-0.15, -0.1) is 11.3 Å². The lowest BCUT2D eigenvalue weighted by molar-refractivity contribution is -0.0532. The number of hydrogen-bond acceptors (Lipinski definition) is 11. The van der Waals surface area contributed by atoms with Crippen LogP contribution in [0, 0.1) is 23.7 Å². The molecule has 7 rings (SSSR count). The highest BCUT2D eigenvalue weighted by molar-refractivity contribution is 7.13. The van der Waals surface area contributed by atoms with E-state index in [4.69, 9.17) is 15.7 Å². The molecular formula is C31H36N10O2S. The molecular weight excluding hydrogens is 576 g/mol. The molecule has 3 fully saturated rings. The molecule has 1 amide bonds. The van der Waals surface area contributed by atoms with Crippen LogP contribution in [0.15, 0.2) is 30.7 Å². The largest absolute Gasteiger partial charge is 0.473 e. The van der Waals surface area contributed by atoms with Gasteiger partial charge in [0.15, 0.2) is 10.7 Å². The van der Waals surface area contributed by atoms with Crippen molar-refractivity contribution >= 4 is 34.3 Å². The Balaban J connectivity index is 1.06. The van der Waals surface area contributed by atoms with Crippen LogP contribution >= 0.6 is 11.3 Å². The van der Waals surface area contributed by atoms with E-state index in [1.165, 1.54) is 30.5 Å². The van der Waals surface area contributed by atoms with Crippen molar-refractivity contribution in [3.05, 3.63) is 46.3 Å². The summed E-state index contributed by atoms with van der Waals surface area (Å²) < 4.78 is 8.11. The van der Waals surface area contributed by atoms with Crippen LogP contribution in [0.25, 0.3) is 16.8 Å². The topological polar surface area (TPSA) is 151 Å². The van der Waals surface area contributed by atoms with E-state index in [1.54, 1.807) is 16.8 Å². The first-order valence-electron chi connectivity index (χ1n) is 15.2. The summed E-state index contributed by atoms with van der Waals surface area (Å²) >= 11 is 1.39. The molecule has 3 N–H and O–H groups in total. The van der Waals surface area contributed by atoms with E-state index < -0.39 is 0 Å². The zero-order chi connectivity index (χ0) is 30.4. The lowest BCUT2D eigenvalue weighted by Crippen LogP contribution is -2.50. The number of nitrogens with zero attached hydrogens (tertiary/aromatic N) is 8. The van der Waals surface area contributed by atoms with Crippen molar-refractivity contribution in [1.29, 1.82) is 5.26 Å². The number of aromatic nitrogens is 5. The maximum Gasteiger partial charge on any atom is 0.267 e. The summed E-state index contributed by atoms with van der Waals surface area (Å²) in [5.41, 5.74) is 10.3. The summed E-state index contributed by atoms with van der Waals surface area (Å²) in [5, 5.41) is 17.7. The average Bonchev–Trinajstić information content (AvgIpc) is 3.59. The van der Waals surface area contributed by atoms with Crippen LogP contribution in [0.3, 0.4) is 0 Å². The van der Waals surface area contributed by atoms with Crippen molar-refractivity contribution in [3.8, 4) is 23.2 Å². The number of fused-ring (bicyclic) bond motifs is 1. The lowest BCUT2D eigenvalue weighted by Gasteiger charge is -2.51. The smallest absolute Gasteiger partial charge is 0.267 e. The first-order chi connectivity index (χ1) is 21.3. The average molecular weight is 613 g/mol. The van der Waals surface area contributed by atoms with Crippen molar-refractivity contribution in [1.82, 2.24) is 34.8 Å². The minimum absolute atomic E-state index is 0.0708. The Labute approximate surface area is 259 Å². The predicted octanol–water partition coefficient (Wildman–Crippen LogP) is 3.66. The summed E-state index contributed by atoms with van der Waals surface area (Å²) in [6.45, 7) is 5.61. The molecule has 0 unspecified atom stereocenters. The Morgan fingerprint density at radius 3 is 2.80 bits per heavy atom. The van der Waals surface area contributed by atoms with Crippen LogP contribution in [-0.2, 0) is 0 Å². The molecule has 2 aliphatic heterocycles. The number of nitrogens with one attached hydrogen (secondary N) is 1. The minimum atomic E-state index is -0.139. The number of pyridine rings is 1. The SMILES string of the molecule is Cc1nc(OC2CC3(CCN(C)CC3)C2)c(C(=O)N[C@@H]2CCCN(c3cc(-c4ccc(C#N)nc4)n4ncnc(N)c34)C2)s1. The molecule has 1 saturated carbocycles. The summed E-state index contributed by atoms with van der Waals surface area (Å²) in [4.78, 5) is 31.9. The van der Waals surface area contributed by atoms with Gasteiger partial charge in [0.1, 0.15) is 29.7 Å². The highest BCUT2D eigenvalue weighted by Gasteiger charge is 2.47. The van der Waals surface area contributed by atoms with Gasteiger partial charge in [0.2, 0.25) is 5.88 Å². The molecule has 0 radical (unpaired) electrons. The number of anilines is 2. The van der Waals surface area contributed by atoms with E-state index in [0.717, 1.165) is 67.3 Å². The summed E-state index contributed by atoms with van der Waals surface area (Å²) in [5.74, 6) is 0.697. The van der Waals surface area contributed by atoms with Crippen LogP contribution < -0.4 is 20.7 Å². The minimum Gasteiger partial charge on any atom is -0.473 e. The highest BCUT2D eigenvalue weighted by Crippen LogP contribution is 2.50. The van der Waals surface area contributed by atoms with Gasteiger partial charge in [0.25, 0.3) is 5.91 Å². The molecule has 1 aliphatic carbocycles. The number of thiazole rings is 1. The molecule has 4 aromatic heterocycles. The van der Waals surface area contributed by atoms with Crippen molar-refractivity contribution in [3.63, 3.8) is 0 Å². The normalized spacial score (nSPS) is 20.4. The lowest BCUT2D eigenvalue weighted by atomic mass is 9.61. The van der Waals surface area contributed by atoms with Crippen LogP contribution in [-0.4, -0.2) is 80.7 Å². The number of nitrogen functional groups attached to an aromatic ring is 1. The van der Waals surface area contributed by atoms with E-state index in [9.17, 15) is 4.79 Å². The number of ether oxygens (including phenoxy) is 1. The third-order valence-corrected chi connectivity index (χ3v) is 10.3. The molecule has 4 aromatic rings. The van der Waals surface area contributed by atoms with E-state index in [-0.39, 0.29) is 18.1 Å². The standard InChI is InChI=1S/C31H36N10O2S/c1-19-37-30(43-23-13-31(14-23)7-10-39(2)11-8-31)27(44-19)29(42)38-22-4-3-9-40(17-22)25-12-24(20-5-6-21(15-32)34-16-20)41-26(25)28(33)35-18-36-41/h5-6,12,16,18,22-23H,3-4,7-11,13-14,17H2,1-2H3,(H,38,42)(H2,33,35,36)/t22-/m1/s1. The molecule has 1 atom stereocenters. The maximum atomic E-state index is 13.6. The van der Waals surface area contributed by atoms with Crippen LogP contribution in [0.4, 0.5) is 11.5 Å². The molecule has 44 heavy (non-hydrogen) atoms. The van der Waals surface area contributed by atoms with Crippen molar-refractivity contribution in [2.45, 2.75) is 57.6 Å². The molecule has 3 aliphatic rings. The molecule has 1 spiro atoms. The number of carbonyl (C=O) groups is 1. The van der Waals surface area contributed by atoms with Crippen LogP contribution in [0.5, 0.6) is 5.88 Å². The second kappa shape index (κ2) is 11.3. The van der Waals surface area contributed by atoms with Gasteiger partial charge in [0.05, 0.1) is 16.4 Å². The van der Waals surface area contributed by atoms with Gasteiger partial charge < -0.3 is 25.6 Å². The quantitative estimate of drug-likeness (QED) is 0.330. The van der Waals surface area contributed by atoms with Gasteiger partial charge in [-0.2, -0.15) is 10.4 Å². The van der Waals surface area contributed by atoms with E-state index in [0.29, 0.717) is 39.7 Å². The molecule has 0 aromatic carbocycles. The zero-order valence-electron chi connectivity index (χ0n) is 25.0. The number of nitrogens with two attached hydrogens (primary N) is 1. The number of carbonyl (C=O) groups excluding carboxylic acids is 1. The number of amides is 1. The van der Waals surface area contributed by atoms with E-state index in [2.05, 4.69) is 48.3 Å². The Kier molecular flexibility index (Phi) is 7.34. The summed E-state index contributed by atoms with van der Waals surface area (Å²) in [7, 11) is 2.19. The third-order valence-electron chi connectivity index (χ3n) is 9.39.